The van der Waals surface area contributed by atoms with Crippen molar-refractivity contribution in [3.63, 3.8) is 0 Å². The van der Waals surface area contributed by atoms with Gasteiger partial charge < -0.3 is 9.72 Å². The molecule has 0 aliphatic heterocycles. The van der Waals surface area contributed by atoms with E-state index in [1.54, 1.807) is 24.3 Å². The summed E-state index contributed by atoms with van der Waals surface area (Å²) in [5.41, 5.74) is -0.191. The molecular formula is C12H11NO3S2. The molecule has 6 heteroatoms. The molecule has 2 heterocycles. The molecule has 4 nitrogen and oxygen atoms in total. The van der Waals surface area contributed by atoms with Crippen LogP contribution in [0.5, 0.6) is 0 Å². The molecule has 2 aromatic heterocycles. The maximum atomic E-state index is 11.7. The van der Waals surface area contributed by atoms with E-state index in [1.807, 2.05) is 17.5 Å². The topological polar surface area (TPSA) is 59.2 Å². The van der Waals surface area contributed by atoms with Gasteiger partial charge in [0.15, 0.2) is 0 Å². The largest absolute Gasteiger partial charge is 0.463 e. The third kappa shape index (κ3) is 3.18. The van der Waals surface area contributed by atoms with E-state index in [1.165, 1.54) is 17.4 Å². The number of hydrogen-bond donors (Lipinski definition) is 1. The molecule has 0 aromatic carbocycles. The van der Waals surface area contributed by atoms with Crippen molar-refractivity contribution in [2.24, 2.45) is 0 Å². The number of esters is 1. The summed E-state index contributed by atoms with van der Waals surface area (Å²) < 4.78 is 5.86. The van der Waals surface area contributed by atoms with E-state index in [2.05, 4.69) is 4.98 Å². The Morgan fingerprint density at radius 1 is 1.56 bits per heavy atom. The normalized spacial score (nSPS) is 12.9. The predicted molar refractivity (Wildman–Crippen MR) is 73.2 cm³/mol. The lowest BCUT2D eigenvalue weighted by Crippen LogP contribution is -2.19. The summed E-state index contributed by atoms with van der Waals surface area (Å²) in [5.74, 6) is -0.447. The minimum Gasteiger partial charge on any atom is -0.463 e. The number of rotatable bonds is 3. The minimum absolute atomic E-state index is 0.191. The van der Waals surface area contributed by atoms with Crippen molar-refractivity contribution in [1.29, 1.82) is 0 Å². The molecule has 1 N–H and O–H groups in total. The van der Waals surface area contributed by atoms with Crippen molar-refractivity contribution in [1.82, 2.24) is 4.98 Å². The van der Waals surface area contributed by atoms with Crippen molar-refractivity contribution in [3.8, 4) is 0 Å². The molecule has 0 aliphatic rings. The summed E-state index contributed by atoms with van der Waals surface area (Å²) in [4.78, 5) is 26.5. The first-order valence-electron chi connectivity index (χ1n) is 5.32. The van der Waals surface area contributed by atoms with Crippen LogP contribution in [0.25, 0.3) is 12.2 Å². The number of hydrogen-bond acceptors (Lipinski definition) is 5. The molecule has 0 bridgehead atoms. The van der Waals surface area contributed by atoms with Gasteiger partial charge in [-0.05, 0) is 24.4 Å². The number of aromatic nitrogens is 1. The van der Waals surface area contributed by atoms with Gasteiger partial charge in [0.05, 0.1) is 17.2 Å². The number of thiophene rings is 1. The van der Waals surface area contributed by atoms with Crippen LogP contribution in [-0.2, 0) is 9.53 Å². The summed E-state index contributed by atoms with van der Waals surface area (Å²) in [5, 5.41) is 1.94. The third-order valence-electron chi connectivity index (χ3n) is 2.03. The highest BCUT2D eigenvalue weighted by molar-refractivity contribution is 7.11. The zero-order valence-electron chi connectivity index (χ0n) is 9.64. The van der Waals surface area contributed by atoms with Crippen molar-refractivity contribution in [2.75, 3.05) is 6.61 Å². The monoisotopic (exact) mass is 281 g/mol. The first-order valence-corrected chi connectivity index (χ1v) is 7.01. The fraction of sp³-hybridized carbons (Fsp3) is 0.167. The molecule has 0 unspecified atom stereocenters. The fourth-order valence-corrected chi connectivity index (χ4v) is 2.92. The minimum atomic E-state index is -0.447. The van der Waals surface area contributed by atoms with Gasteiger partial charge >= 0.3 is 5.97 Å². The average Bonchev–Trinajstić information content (AvgIpc) is 2.91. The van der Waals surface area contributed by atoms with E-state index >= 15 is 0 Å². The molecule has 0 radical (unpaired) electrons. The second-order valence-corrected chi connectivity index (χ2v) is 5.40. The lowest BCUT2D eigenvalue weighted by Gasteiger charge is -1.92. The van der Waals surface area contributed by atoms with Gasteiger partial charge in [0.25, 0.3) is 5.56 Å². The quantitative estimate of drug-likeness (QED) is 0.841. The zero-order valence-corrected chi connectivity index (χ0v) is 11.3. The van der Waals surface area contributed by atoms with Gasteiger partial charge in [0.2, 0.25) is 0 Å². The van der Waals surface area contributed by atoms with E-state index < -0.39 is 5.97 Å². The summed E-state index contributed by atoms with van der Waals surface area (Å²) in [6, 6.07) is 3.85. The Labute approximate surface area is 111 Å². The summed E-state index contributed by atoms with van der Waals surface area (Å²) in [6.45, 7) is 2.05. The first kappa shape index (κ1) is 12.8. The lowest BCUT2D eigenvalue weighted by molar-refractivity contribution is -0.135. The van der Waals surface area contributed by atoms with E-state index in [4.69, 9.17) is 4.74 Å². The van der Waals surface area contributed by atoms with E-state index in [9.17, 15) is 9.59 Å². The van der Waals surface area contributed by atoms with Gasteiger partial charge in [-0.1, -0.05) is 6.07 Å². The molecular weight excluding hydrogens is 270 g/mol. The molecule has 0 fully saturated rings. The maximum absolute atomic E-state index is 11.7. The molecule has 0 spiro atoms. The summed E-state index contributed by atoms with van der Waals surface area (Å²) >= 11 is 2.79. The van der Waals surface area contributed by atoms with Gasteiger partial charge in [-0.25, -0.2) is 4.79 Å². The highest BCUT2D eigenvalue weighted by Gasteiger charge is 1.99. The maximum Gasteiger partial charge on any atom is 0.333 e. The van der Waals surface area contributed by atoms with E-state index in [0.717, 1.165) is 4.88 Å². The van der Waals surface area contributed by atoms with Crippen LogP contribution in [0.15, 0.2) is 22.3 Å². The van der Waals surface area contributed by atoms with Crippen LogP contribution in [0.4, 0.5) is 0 Å². The van der Waals surface area contributed by atoms with Crippen molar-refractivity contribution < 1.29 is 9.53 Å². The van der Waals surface area contributed by atoms with Crippen LogP contribution in [0, 0.1) is 0 Å². The van der Waals surface area contributed by atoms with Gasteiger partial charge in [-0.3, -0.25) is 4.79 Å². The molecule has 0 saturated carbocycles. The van der Waals surface area contributed by atoms with Gasteiger partial charge in [-0.2, -0.15) is 0 Å². The zero-order chi connectivity index (χ0) is 13.0. The van der Waals surface area contributed by atoms with Crippen molar-refractivity contribution in [2.45, 2.75) is 6.92 Å². The Hall–Kier alpha value is -1.66. The number of aromatic amines is 1. The molecule has 18 heavy (non-hydrogen) atoms. The second kappa shape index (κ2) is 5.79. The Balaban J connectivity index is 2.39. The summed E-state index contributed by atoms with van der Waals surface area (Å²) in [7, 11) is 0. The number of H-pyrrole nitrogens is 1. The van der Waals surface area contributed by atoms with Crippen LogP contribution in [0.3, 0.4) is 0 Å². The van der Waals surface area contributed by atoms with Crippen LogP contribution in [-0.4, -0.2) is 17.6 Å². The standard InChI is InChI=1S/C12H11NO3S2/c1-2-16-11(14)7-10-13-12(15)9(18-10)6-8-4-3-5-17-8/h3-7H,2H2,1H3,(H,13,15)/b9-6-,10-7-. The van der Waals surface area contributed by atoms with Crippen molar-refractivity contribution in [3.05, 3.63) is 41.9 Å². The molecule has 94 valence electrons. The van der Waals surface area contributed by atoms with Crippen molar-refractivity contribution >= 4 is 40.8 Å². The molecule has 0 amide bonds. The Bertz CT molecular complexity index is 695. The van der Waals surface area contributed by atoms with E-state index in [0.29, 0.717) is 15.8 Å². The highest BCUT2D eigenvalue weighted by Crippen LogP contribution is 2.08. The van der Waals surface area contributed by atoms with Crippen LogP contribution in [0.1, 0.15) is 11.8 Å². The smallest absolute Gasteiger partial charge is 0.333 e. The Kier molecular flexibility index (Phi) is 4.11. The first-order chi connectivity index (χ1) is 8.69. The number of carbonyl (C=O) groups excluding carboxylic acids is 1. The molecule has 2 aromatic rings. The Morgan fingerprint density at radius 3 is 3.06 bits per heavy atom. The summed E-state index contributed by atoms with van der Waals surface area (Å²) in [6.07, 6.45) is 3.10. The van der Waals surface area contributed by atoms with E-state index in [-0.39, 0.29) is 5.56 Å². The SMILES string of the molecule is CCOC(=O)/C=c1/[nH]c(=O)/c(=C/c2cccs2)s1. The highest BCUT2D eigenvalue weighted by atomic mass is 32.1. The molecule has 0 atom stereocenters. The number of ether oxygens (including phenoxy) is 1. The van der Waals surface area contributed by atoms with Gasteiger partial charge in [0.1, 0.15) is 4.66 Å². The third-order valence-corrected chi connectivity index (χ3v) is 3.81. The lowest BCUT2D eigenvalue weighted by atomic mass is 10.4. The Morgan fingerprint density at radius 2 is 2.39 bits per heavy atom. The van der Waals surface area contributed by atoms with Gasteiger partial charge in [0, 0.05) is 4.88 Å². The fourth-order valence-electron chi connectivity index (χ4n) is 1.32. The number of nitrogens with one attached hydrogen (secondary N) is 1. The molecule has 2 rings (SSSR count). The number of thiazole rings is 1. The van der Waals surface area contributed by atoms with Gasteiger partial charge in [-0.15, -0.1) is 22.7 Å². The number of carbonyl (C=O) groups is 1. The molecule has 0 saturated heterocycles. The molecule has 0 aliphatic carbocycles. The average molecular weight is 281 g/mol. The van der Waals surface area contributed by atoms with Crippen LogP contribution < -0.4 is 14.8 Å². The second-order valence-electron chi connectivity index (χ2n) is 3.34. The van der Waals surface area contributed by atoms with Crippen LogP contribution in [0.2, 0.25) is 0 Å². The van der Waals surface area contributed by atoms with Crippen LogP contribution >= 0.6 is 22.7 Å². The predicted octanol–water partition coefficient (Wildman–Crippen LogP) is 0.670.